The summed E-state index contributed by atoms with van der Waals surface area (Å²) in [7, 11) is 1.81. The zero-order valence-corrected chi connectivity index (χ0v) is 12.1. The molecule has 1 aliphatic rings. The summed E-state index contributed by atoms with van der Waals surface area (Å²) < 4.78 is 1.14. The normalized spacial score (nSPS) is 16.5. The van der Waals surface area contributed by atoms with Crippen LogP contribution in [0, 0.1) is 0 Å². The van der Waals surface area contributed by atoms with Crippen LogP contribution in [-0.2, 0) is 6.54 Å². The van der Waals surface area contributed by atoms with Crippen LogP contribution in [-0.4, -0.2) is 19.0 Å². The van der Waals surface area contributed by atoms with Crippen molar-refractivity contribution in [1.82, 2.24) is 10.6 Å². The van der Waals surface area contributed by atoms with Crippen LogP contribution in [0.15, 0.2) is 33.1 Å². The van der Waals surface area contributed by atoms with Gasteiger partial charge < -0.3 is 10.6 Å². The van der Waals surface area contributed by atoms with Crippen molar-refractivity contribution in [2.75, 3.05) is 7.05 Å². The number of nitrogens with one attached hydrogen (secondary N) is 2. The molecule has 0 saturated heterocycles. The summed E-state index contributed by atoms with van der Waals surface area (Å²) >= 11 is 5.20. The Balaban J connectivity index is 1.79. The fraction of sp³-hybridized carbons (Fsp3) is 0.417. The Hall–Kier alpha value is -0.810. The lowest BCUT2D eigenvalue weighted by atomic mass is 10.2. The topological polar surface area (TPSA) is 36.4 Å². The van der Waals surface area contributed by atoms with Gasteiger partial charge >= 0.3 is 0 Å². The van der Waals surface area contributed by atoms with E-state index in [0.717, 1.165) is 29.8 Å². The van der Waals surface area contributed by atoms with Crippen LogP contribution in [0.3, 0.4) is 0 Å². The Morgan fingerprint density at radius 1 is 1.53 bits per heavy atom. The molecular weight excluding hydrogens is 298 g/mol. The summed E-state index contributed by atoms with van der Waals surface area (Å²) in [5, 5.41) is 8.83. The Morgan fingerprint density at radius 3 is 2.88 bits per heavy atom. The second-order valence-corrected chi connectivity index (χ2v) is 5.85. The first-order valence-electron chi connectivity index (χ1n) is 5.63. The summed E-state index contributed by atoms with van der Waals surface area (Å²) in [4.78, 5) is 5.53. The molecule has 17 heavy (non-hydrogen) atoms. The van der Waals surface area contributed by atoms with Crippen LogP contribution in [0.1, 0.15) is 17.7 Å². The van der Waals surface area contributed by atoms with Gasteiger partial charge in [0.05, 0.1) is 6.54 Å². The summed E-state index contributed by atoms with van der Waals surface area (Å²) in [6.45, 7) is 0.816. The average Bonchev–Trinajstić information content (AvgIpc) is 2.96. The summed E-state index contributed by atoms with van der Waals surface area (Å²) in [5.74, 6) is 0.878. The summed E-state index contributed by atoms with van der Waals surface area (Å²) in [6, 6.07) is 2.62. The second kappa shape index (κ2) is 6.21. The highest BCUT2D eigenvalue weighted by Gasteiger charge is 2.11. The molecule has 2 rings (SSSR count). The van der Waals surface area contributed by atoms with Gasteiger partial charge in [-0.25, -0.2) is 0 Å². The molecule has 0 saturated carbocycles. The molecule has 92 valence electrons. The molecule has 0 aliphatic heterocycles. The molecule has 0 bridgehead atoms. The number of rotatable bonds is 3. The van der Waals surface area contributed by atoms with Gasteiger partial charge in [-0.1, -0.05) is 12.2 Å². The standard InChI is InChI=1S/C12H16BrN3S/c1-14-12(16-10-4-2-3-5-10)15-7-11-6-9(13)8-17-11/h2-3,6,8,10H,4-5,7H2,1H3,(H2,14,15,16). The number of nitrogens with zero attached hydrogens (tertiary/aromatic N) is 1. The van der Waals surface area contributed by atoms with E-state index in [1.165, 1.54) is 4.88 Å². The molecular formula is C12H16BrN3S. The molecule has 1 aliphatic carbocycles. The van der Waals surface area contributed by atoms with E-state index in [1.54, 1.807) is 11.3 Å². The first kappa shape index (κ1) is 12.6. The number of hydrogen-bond donors (Lipinski definition) is 2. The van der Waals surface area contributed by atoms with E-state index in [4.69, 9.17) is 0 Å². The maximum atomic E-state index is 4.23. The van der Waals surface area contributed by atoms with Crippen LogP contribution in [0.2, 0.25) is 0 Å². The highest BCUT2D eigenvalue weighted by molar-refractivity contribution is 9.10. The third-order valence-corrected chi connectivity index (χ3v) is 4.32. The van der Waals surface area contributed by atoms with Crippen LogP contribution in [0.5, 0.6) is 0 Å². The molecule has 1 aromatic heterocycles. The Morgan fingerprint density at radius 2 is 2.29 bits per heavy atom. The summed E-state index contributed by atoms with van der Waals surface area (Å²) in [6.07, 6.45) is 6.60. The molecule has 0 spiro atoms. The van der Waals surface area contributed by atoms with Gasteiger partial charge in [-0.15, -0.1) is 11.3 Å². The van der Waals surface area contributed by atoms with E-state index >= 15 is 0 Å². The van der Waals surface area contributed by atoms with Gasteiger partial charge in [0.1, 0.15) is 0 Å². The van der Waals surface area contributed by atoms with Crippen molar-refractivity contribution >= 4 is 33.2 Å². The van der Waals surface area contributed by atoms with Crippen LogP contribution in [0.4, 0.5) is 0 Å². The van der Waals surface area contributed by atoms with Crippen molar-refractivity contribution in [3.05, 3.63) is 32.9 Å². The van der Waals surface area contributed by atoms with Gasteiger partial charge in [0.2, 0.25) is 0 Å². The van der Waals surface area contributed by atoms with E-state index in [0.29, 0.717) is 6.04 Å². The van der Waals surface area contributed by atoms with Crippen LogP contribution >= 0.6 is 27.3 Å². The molecule has 3 nitrogen and oxygen atoms in total. The molecule has 1 aromatic rings. The average molecular weight is 314 g/mol. The Labute approximate surface area is 114 Å². The number of aliphatic imine (C=N–C) groups is 1. The maximum absolute atomic E-state index is 4.23. The van der Waals surface area contributed by atoms with Crippen LogP contribution < -0.4 is 10.6 Å². The lowest BCUT2D eigenvalue weighted by Gasteiger charge is -2.16. The third kappa shape index (κ3) is 3.85. The highest BCUT2D eigenvalue weighted by atomic mass is 79.9. The van der Waals surface area contributed by atoms with Gasteiger partial charge in [0, 0.05) is 27.8 Å². The first-order valence-corrected chi connectivity index (χ1v) is 7.30. The lowest BCUT2D eigenvalue weighted by molar-refractivity contribution is 0.633. The predicted octanol–water partition coefficient (Wildman–Crippen LogP) is 2.89. The van der Waals surface area contributed by atoms with Gasteiger partial charge in [0.25, 0.3) is 0 Å². The minimum absolute atomic E-state index is 0.497. The maximum Gasteiger partial charge on any atom is 0.191 e. The number of halogens is 1. The van der Waals surface area contributed by atoms with Crippen molar-refractivity contribution in [2.45, 2.75) is 25.4 Å². The Bertz CT molecular complexity index is 417. The monoisotopic (exact) mass is 313 g/mol. The second-order valence-electron chi connectivity index (χ2n) is 3.94. The van der Waals surface area contributed by atoms with E-state index in [1.807, 2.05) is 7.05 Å². The van der Waals surface area contributed by atoms with Crippen molar-refractivity contribution in [2.24, 2.45) is 4.99 Å². The molecule has 0 fully saturated rings. The minimum Gasteiger partial charge on any atom is -0.353 e. The van der Waals surface area contributed by atoms with Crippen molar-refractivity contribution in [3.63, 3.8) is 0 Å². The molecule has 2 N–H and O–H groups in total. The largest absolute Gasteiger partial charge is 0.353 e. The van der Waals surface area contributed by atoms with Crippen molar-refractivity contribution < 1.29 is 0 Å². The van der Waals surface area contributed by atoms with E-state index in [9.17, 15) is 0 Å². The molecule has 0 atom stereocenters. The molecule has 5 heteroatoms. The van der Waals surface area contributed by atoms with Gasteiger partial charge in [-0.2, -0.15) is 0 Å². The van der Waals surface area contributed by atoms with E-state index in [-0.39, 0.29) is 0 Å². The van der Waals surface area contributed by atoms with Gasteiger partial charge in [0.15, 0.2) is 5.96 Å². The first-order chi connectivity index (χ1) is 8.28. The van der Waals surface area contributed by atoms with E-state index in [2.05, 4.69) is 55.2 Å². The Kier molecular flexibility index (Phi) is 4.62. The molecule has 0 radical (unpaired) electrons. The zero-order valence-electron chi connectivity index (χ0n) is 9.74. The quantitative estimate of drug-likeness (QED) is 0.511. The highest BCUT2D eigenvalue weighted by Crippen LogP contribution is 2.19. The van der Waals surface area contributed by atoms with Crippen LogP contribution in [0.25, 0.3) is 0 Å². The van der Waals surface area contributed by atoms with Crippen molar-refractivity contribution in [3.8, 4) is 0 Å². The van der Waals surface area contributed by atoms with Crippen molar-refractivity contribution in [1.29, 1.82) is 0 Å². The minimum atomic E-state index is 0.497. The molecule has 0 amide bonds. The SMILES string of the molecule is CN=C(NCc1cc(Br)cs1)NC1CC=CC1. The van der Waals surface area contributed by atoms with Gasteiger partial charge in [-0.05, 0) is 34.8 Å². The number of guanidine groups is 1. The smallest absolute Gasteiger partial charge is 0.191 e. The number of thiophene rings is 1. The predicted molar refractivity (Wildman–Crippen MR) is 77.5 cm³/mol. The molecule has 0 unspecified atom stereocenters. The lowest BCUT2D eigenvalue weighted by Crippen LogP contribution is -2.41. The van der Waals surface area contributed by atoms with Gasteiger partial charge in [-0.3, -0.25) is 4.99 Å². The number of hydrogen-bond acceptors (Lipinski definition) is 2. The fourth-order valence-electron chi connectivity index (χ4n) is 1.74. The molecule has 1 heterocycles. The van der Waals surface area contributed by atoms with E-state index < -0.39 is 0 Å². The summed E-state index contributed by atoms with van der Waals surface area (Å²) in [5.41, 5.74) is 0. The fourth-order valence-corrected chi connectivity index (χ4v) is 3.13. The zero-order chi connectivity index (χ0) is 12.1. The molecule has 0 aromatic carbocycles. The third-order valence-electron chi connectivity index (χ3n) is 2.62.